The van der Waals surface area contributed by atoms with Crippen molar-refractivity contribution in [3.63, 3.8) is 0 Å². The normalized spacial score (nSPS) is 11.6. The Balaban J connectivity index is 1.95. The van der Waals surface area contributed by atoms with Crippen molar-refractivity contribution in [2.24, 2.45) is 0 Å². The Morgan fingerprint density at radius 2 is 1.47 bits per heavy atom. The van der Waals surface area contributed by atoms with Gasteiger partial charge in [-0.05, 0) is 24.3 Å². The minimum atomic E-state index is -0.882. The van der Waals surface area contributed by atoms with Gasteiger partial charge in [-0.2, -0.15) is 0 Å². The molecule has 4 nitrogen and oxygen atoms in total. The molecule has 0 fully saturated rings. The molecule has 1 atom stereocenters. The lowest BCUT2D eigenvalue weighted by Gasteiger charge is -2.17. The van der Waals surface area contributed by atoms with Crippen molar-refractivity contribution in [3.8, 4) is 0 Å². The molecule has 2 rings (SSSR count). The molecule has 0 aliphatic rings. The third-order valence-corrected chi connectivity index (χ3v) is 2.70. The molecule has 0 spiro atoms. The number of anilines is 2. The predicted octanol–water partition coefficient (Wildman–Crippen LogP) is 2.66. The molecule has 0 saturated carbocycles. The van der Waals surface area contributed by atoms with E-state index in [1.54, 1.807) is 0 Å². The third-order valence-electron chi connectivity index (χ3n) is 2.70. The highest BCUT2D eigenvalue weighted by Gasteiger charge is 2.16. The van der Waals surface area contributed by atoms with Gasteiger partial charge < -0.3 is 15.7 Å². The van der Waals surface area contributed by atoms with Crippen LogP contribution in [0.1, 0.15) is 0 Å². The van der Waals surface area contributed by atoms with Crippen molar-refractivity contribution in [1.29, 1.82) is 0 Å². The standard InChI is InChI=1S/C15H16N2O2/c18-15(19)14(17-13-9-5-2-6-10-13)11-16-12-7-3-1-4-8-12/h1-10,14,16-17H,11H2,(H,18,19). The summed E-state index contributed by atoms with van der Waals surface area (Å²) in [6.45, 7) is 0.314. The molecule has 0 aliphatic heterocycles. The summed E-state index contributed by atoms with van der Waals surface area (Å²) < 4.78 is 0. The maximum atomic E-state index is 11.2. The first-order chi connectivity index (χ1) is 9.25. The van der Waals surface area contributed by atoms with Crippen molar-refractivity contribution in [1.82, 2.24) is 0 Å². The first-order valence-electron chi connectivity index (χ1n) is 6.09. The average Bonchev–Trinajstić information content (AvgIpc) is 2.45. The number of carboxylic acids is 1. The number of rotatable bonds is 6. The van der Waals surface area contributed by atoms with Crippen LogP contribution in [0.2, 0.25) is 0 Å². The van der Waals surface area contributed by atoms with Gasteiger partial charge >= 0.3 is 5.97 Å². The molecule has 3 N–H and O–H groups in total. The van der Waals surface area contributed by atoms with E-state index >= 15 is 0 Å². The number of hydrogen-bond donors (Lipinski definition) is 3. The highest BCUT2D eigenvalue weighted by molar-refractivity contribution is 5.78. The molecule has 0 bridgehead atoms. The number of para-hydroxylation sites is 2. The molecule has 19 heavy (non-hydrogen) atoms. The van der Waals surface area contributed by atoms with Crippen molar-refractivity contribution in [3.05, 3.63) is 60.7 Å². The molecule has 0 amide bonds. The van der Waals surface area contributed by atoms with E-state index in [0.29, 0.717) is 6.54 Å². The summed E-state index contributed by atoms with van der Waals surface area (Å²) in [5.41, 5.74) is 1.70. The highest BCUT2D eigenvalue weighted by atomic mass is 16.4. The second-order valence-electron chi connectivity index (χ2n) is 4.15. The van der Waals surface area contributed by atoms with Crippen LogP contribution in [0.5, 0.6) is 0 Å². The van der Waals surface area contributed by atoms with Gasteiger partial charge in [0.05, 0.1) is 0 Å². The first-order valence-corrected chi connectivity index (χ1v) is 6.09. The average molecular weight is 256 g/mol. The Bertz CT molecular complexity index is 514. The zero-order chi connectivity index (χ0) is 13.5. The lowest BCUT2D eigenvalue weighted by atomic mass is 10.2. The van der Waals surface area contributed by atoms with Crippen LogP contribution in [0.4, 0.5) is 11.4 Å². The maximum absolute atomic E-state index is 11.2. The molecule has 0 saturated heterocycles. The van der Waals surface area contributed by atoms with Gasteiger partial charge in [0.25, 0.3) is 0 Å². The first kappa shape index (κ1) is 13.0. The van der Waals surface area contributed by atoms with Gasteiger partial charge in [0.1, 0.15) is 6.04 Å². The summed E-state index contributed by atoms with van der Waals surface area (Å²) in [5, 5.41) is 15.3. The summed E-state index contributed by atoms with van der Waals surface area (Å²) in [4.78, 5) is 11.2. The summed E-state index contributed by atoms with van der Waals surface area (Å²) in [5.74, 6) is -0.882. The van der Waals surface area contributed by atoms with Crippen molar-refractivity contribution >= 4 is 17.3 Å². The van der Waals surface area contributed by atoms with Gasteiger partial charge in [0, 0.05) is 17.9 Å². The molecule has 2 aromatic carbocycles. The molecule has 0 aromatic heterocycles. The lowest BCUT2D eigenvalue weighted by molar-refractivity contribution is -0.137. The SMILES string of the molecule is O=C(O)C(CNc1ccccc1)Nc1ccccc1. The van der Waals surface area contributed by atoms with Crippen molar-refractivity contribution in [2.45, 2.75) is 6.04 Å². The quantitative estimate of drug-likeness (QED) is 0.743. The summed E-state index contributed by atoms with van der Waals surface area (Å²) in [6.07, 6.45) is 0. The Hall–Kier alpha value is -2.49. The zero-order valence-electron chi connectivity index (χ0n) is 10.4. The summed E-state index contributed by atoms with van der Waals surface area (Å²) in [7, 11) is 0. The molecule has 0 radical (unpaired) electrons. The van der Waals surface area contributed by atoms with E-state index in [-0.39, 0.29) is 0 Å². The van der Waals surface area contributed by atoms with E-state index in [4.69, 9.17) is 0 Å². The number of aliphatic carboxylic acids is 1. The molecule has 1 unspecified atom stereocenters. The Labute approximate surface area is 112 Å². The Morgan fingerprint density at radius 3 is 2.00 bits per heavy atom. The van der Waals surface area contributed by atoms with Crippen molar-refractivity contribution < 1.29 is 9.90 Å². The second kappa shape index (κ2) is 6.44. The predicted molar refractivity (Wildman–Crippen MR) is 76.4 cm³/mol. The Morgan fingerprint density at radius 1 is 0.947 bits per heavy atom. The van der Waals surface area contributed by atoms with E-state index in [9.17, 15) is 9.90 Å². The maximum Gasteiger partial charge on any atom is 0.327 e. The fourth-order valence-electron chi connectivity index (χ4n) is 1.71. The van der Waals surface area contributed by atoms with Gasteiger partial charge in [-0.15, -0.1) is 0 Å². The number of benzene rings is 2. The van der Waals surface area contributed by atoms with E-state index in [1.807, 2.05) is 60.7 Å². The number of nitrogens with one attached hydrogen (secondary N) is 2. The molecule has 0 aliphatic carbocycles. The number of hydrogen-bond acceptors (Lipinski definition) is 3. The van der Waals surface area contributed by atoms with Crippen LogP contribution in [0.15, 0.2) is 60.7 Å². The lowest BCUT2D eigenvalue weighted by Crippen LogP contribution is -2.36. The second-order valence-corrected chi connectivity index (χ2v) is 4.15. The molecule has 4 heteroatoms. The highest BCUT2D eigenvalue weighted by Crippen LogP contribution is 2.09. The molecule has 98 valence electrons. The van der Waals surface area contributed by atoms with Crippen LogP contribution in [0.3, 0.4) is 0 Å². The van der Waals surface area contributed by atoms with E-state index in [1.165, 1.54) is 0 Å². The third kappa shape index (κ3) is 4.03. The largest absolute Gasteiger partial charge is 0.480 e. The van der Waals surface area contributed by atoms with Crippen molar-refractivity contribution in [2.75, 3.05) is 17.2 Å². The summed E-state index contributed by atoms with van der Waals surface area (Å²) in [6, 6.07) is 18.2. The van der Waals surface area contributed by atoms with Crippen LogP contribution >= 0.6 is 0 Å². The van der Waals surface area contributed by atoms with Gasteiger partial charge in [0.15, 0.2) is 0 Å². The fraction of sp³-hybridized carbons (Fsp3) is 0.133. The van der Waals surface area contributed by atoms with Gasteiger partial charge in [0.2, 0.25) is 0 Å². The van der Waals surface area contributed by atoms with Gasteiger partial charge in [-0.1, -0.05) is 36.4 Å². The molecule has 2 aromatic rings. The van der Waals surface area contributed by atoms with E-state index in [2.05, 4.69) is 10.6 Å². The molecular weight excluding hydrogens is 240 g/mol. The smallest absolute Gasteiger partial charge is 0.327 e. The van der Waals surface area contributed by atoms with Crippen LogP contribution < -0.4 is 10.6 Å². The van der Waals surface area contributed by atoms with Crippen LogP contribution in [0.25, 0.3) is 0 Å². The number of carboxylic acid groups (broad SMARTS) is 1. The molecule has 0 heterocycles. The molecular formula is C15H16N2O2. The topological polar surface area (TPSA) is 61.4 Å². The zero-order valence-corrected chi connectivity index (χ0v) is 10.4. The fourth-order valence-corrected chi connectivity index (χ4v) is 1.71. The van der Waals surface area contributed by atoms with Crippen LogP contribution in [-0.2, 0) is 4.79 Å². The van der Waals surface area contributed by atoms with Crippen LogP contribution in [0, 0.1) is 0 Å². The minimum absolute atomic E-state index is 0.314. The van der Waals surface area contributed by atoms with Crippen LogP contribution in [-0.4, -0.2) is 23.7 Å². The van der Waals surface area contributed by atoms with Gasteiger partial charge in [-0.25, -0.2) is 4.79 Å². The minimum Gasteiger partial charge on any atom is -0.480 e. The summed E-state index contributed by atoms with van der Waals surface area (Å²) >= 11 is 0. The monoisotopic (exact) mass is 256 g/mol. The van der Waals surface area contributed by atoms with Gasteiger partial charge in [-0.3, -0.25) is 0 Å². The number of carbonyl (C=O) groups is 1. The Kier molecular flexibility index (Phi) is 4.39. The van der Waals surface area contributed by atoms with E-state index < -0.39 is 12.0 Å². The van der Waals surface area contributed by atoms with E-state index in [0.717, 1.165) is 11.4 Å².